The molecular weight excluding hydrogens is 334 g/mol. The van der Waals surface area contributed by atoms with Crippen LogP contribution in [0, 0.1) is 0 Å². The Hall–Kier alpha value is -1.50. The number of rotatable bonds is 11. The molecule has 0 amide bonds. The Morgan fingerprint density at radius 2 is 1.80 bits per heavy atom. The molecule has 0 aliphatic rings. The molecule has 25 heavy (non-hydrogen) atoms. The van der Waals surface area contributed by atoms with E-state index < -0.39 is 10.0 Å². The highest BCUT2D eigenvalue weighted by atomic mass is 32.2. The van der Waals surface area contributed by atoms with Gasteiger partial charge >= 0.3 is 0 Å². The van der Waals surface area contributed by atoms with Crippen molar-refractivity contribution in [2.75, 3.05) is 19.6 Å². The summed E-state index contributed by atoms with van der Waals surface area (Å²) in [4.78, 5) is 4.41. The smallest absolute Gasteiger partial charge is 0.243 e. The van der Waals surface area contributed by atoms with Gasteiger partial charge in [-0.15, -0.1) is 0 Å². The van der Waals surface area contributed by atoms with E-state index >= 15 is 0 Å². The fraction of sp³-hybridized carbons (Fsp3) is 0.526. The van der Waals surface area contributed by atoms with Crippen LogP contribution < -0.4 is 5.73 Å². The normalized spacial score (nSPS) is 12.1. The van der Waals surface area contributed by atoms with Crippen molar-refractivity contribution in [1.29, 1.82) is 0 Å². The second kappa shape index (κ2) is 9.85. The van der Waals surface area contributed by atoms with Crippen molar-refractivity contribution in [3.63, 3.8) is 0 Å². The van der Waals surface area contributed by atoms with E-state index in [9.17, 15) is 8.42 Å². The molecule has 1 aromatic heterocycles. The Labute approximate surface area is 151 Å². The van der Waals surface area contributed by atoms with Gasteiger partial charge in [0.1, 0.15) is 0 Å². The van der Waals surface area contributed by atoms with Crippen LogP contribution in [0.2, 0.25) is 0 Å². The molecule has 0 fully saturated rings. The van der Waals surface area contributed by atoms with Crippen LogP contribution in [0.25, 0.3) is 10.8 Å². The van der Waals surface area contributed by atoms with Crippen molar-refractivity contribution in [1.82, 2.24) is 9.29 Å². The third kappa shape index (κ3) is 5.23. The zero-order chi connectivity index (χ0) is 18.1. The van der Waals surface area contributed by atoms with Gasteiger partial charge in [-0.2, -0.15) is 4.31 Å². The fourth-order valence-electron chi connectivity index (χ4n) is 3.02. The molecule has 1 heterocycles. The largest absolute Gasteiger partial charge is 0.329 e. The van der Waals surface area contributed by atoms with E-state index in [-0.39, 0.29) is 0 Å². The SMILES string of the molecule is CCCCCCCCN(CCN)S(=O)(=O)c1cccc2cnccc12. The molecule has 6 heteroatoms. The molecule has 2 rings (SSSR count). The lowest BCUT2D eigenvalue weighted by Crippen LogP contribution is -2.36. The molecule has 1 aromatic carbocycles. The van der Waals surface area contributed by atoms with Crippen LogP contribution in [0.15, 0.2) is 41.6 Å². The highest BCUT2D eigenvalue weighted by Gasteiger charge is 2.25. The molecule has 0 unspecified atom stereocenters. The van der Waals surface area contributed by atoms with Crippen molar-refractivity contribution in [3.8, 4) is 0 Å². The Balaban J connectivity index is 2.15. The first-order chi connectivity index (χ1) is 12.1. The lowest BCUT2D eigenvalue weighted by Gasteiger charge is -2.22. The number of sulfonamides is 1. The van der Waals surface area contributed by atoms with Gasteiger partial charge in [0.2, 0.25) is 10.0 Å². The van der Waals surface area contributed by atoms with E-state index in [1.807, 2.05) is 6.07 Å². The van der Waals surface area contributed by atoms with Crippen molar-refractivity contribution in [2.24, 2.45) is 5.73 Å². The molecule has 0 saturated carbocycles. The summed E-state index contributed by atoms with van der Waals surface area (Å²) in [5.74, 6) is 0. The number of fused-ring (bicyclic) bond motifs is 1. The summed E-state index contributed by atoms with van der Waals surface area (Å²) in [6, 6.07) is 7.07. The van der Waals surface area contributed by atoms with Gasteiger partial charge in [0.05, 0.1) is 4.90 Å². The molecule has 138 valence electrons. The molecular formula is C19H29N3O2S. The van der Waals surface area contributed by atoms with E-state index in [0.717, 1.165) is 24.6 Å². The third-order valence-corrected chi connectivity index (χ3v) is 6.35. The Kier molecular flexibility index (Phi) is 7.81. The van der Waals surface area contributed by atoms with E-state index in [2.05, 4.69) is 11.9 Å². The summed E-state index contributed by atoms with van der Waals surface area (Å²) in [6.45, 7) is 3.38. The molecule has 0 atom stereocenters. The van der Waals surface area contributed by atoms with Gasteiger partial charge < -0.3 is 5.73 Å². The molecule has 2 N–H and O–H groups in total. The second-order valence-electron chi connectivity index (χ2n) is 6.31. The number of benzene rings is 1. The average molecular weight is 364 g/mol. The van der Waals surface area contributed by atoms with Gasteiger partial charge in [-0.3, -0.25) is 4.98 Å². The minimum atomic E-state index is -3.56. The standard InChI is InChI=1S/C19H29N3O2S/c1-2-3-4-5-6-7-14-22(15-12-20)25(23,24)19-10-8-9-17-16-21-13-11-18(17)19/h8-11,13,16H,2-7,12,14-15,20H2,1H3. The number of unbranched alkanes of at least 4 members (excludes halogenated alkanes) is 5. The van der Waals surface area contributed by atoms with Crippen LogP contribution in [-0.2, 0) is 10.0 Å². The molecule has 0 spiro atoms. The average Bonchev–Trinajstić information content (AvgIpc) is 2.63. The van der Waals surface area contributed by atoms with E-state index in [0.29, 0.717) is 29.9 Å². The van der Waals surface area contributed by atoms with Crippen LogP contribution in [0.1, 0.15) is 45.4 Å². The Morgan fingerprint density at radius 1 is 1.04 bits per heavy atom. The molecule has 0 saturated heterocycles. The molecule has 0 aliphatic carbocycles. The fourth-order valence-corrected chi connectivity index (χ4v) is 4.73. The van der Waals surface area contributed by atoms with E-state index in [1.165, 1.54) is 23.6 Å². The van der Waals surface area contributed by atoms with Gasteiger partial charge in [0, 0.05) is 42.8 Å². The Morgan fingerprint density at radius 3 is 2.56 bits per heavy atom. The number of aromatic nitrogens is 1. The summed E-state index contributed by atoms with van der Waals surface area (Å²) in [6.07, 6.45) is 10.1. The number of hydrogen-bond acceptors (Lipinski definition) is 4. The lowest BCUT2D eigenvalue weighted by molar-refractivity contribution is 0.403. The van der Waals surface area contributed by atoms with Gasteiger partial charge in [-0.1, -0.05) is 51.2 Å². The molecule has 0 aliphatic heterocycles. The minimum absolute atomic E-state index is 0.321. The van der Waals surface area contributed by atoms with Crippen molar-refractivity contribution < 1.29 is 8.42 Å². The maximum absolute atomic E-state index is 13.2. The second-order valence-corrected chi connectivity index (χ2v) is 8.22. The molecule has 5 nitrogen and oxygen atoms in total. The number of nitrogens with zero attached hydrogens (tertiary/aromatic N) is 2. The Bertz CT molecular complexity index is 757. The zero-order valence-electron chi connectivity index (χ0n) is 15.0. The quantitative estimate of drug-likeness (QED) is 0.620. The highest BCUT2D eigenvalue weighted by molar-refractivity contribution is 7.89. The third-order valence-electron chi connectivity index (χ3n) is 4.40. The summed E-state index contributed by atoms with van der Waals surface area (Å²) < 4.78 is 27.8. The number of hydrogen-bond donors (Lipinski definition) is 1. The predicted molar refractivity (Wildman–Crippen MR) is 103 cm³/mol. The van der Waals surface area contributed by atoms with Crippen LogP contribution in [0.3, 0.4) is 0 Å². The maximum atomic E-state index is 13.2. The summed E-state index contributed by atoms with van der Waals surface area (Å²) >= 11 is 0. The molecule has 0 radical (unpaired) electrons. The van der Waals surface area contributed by atoms with Crippen LogP contribution in [0.4, 0.5) is 0 Å². The van der Waals surface area contributed by atoms with Crippen molar-refractivity contribution in [3.05, 3.63) is 36.7 Å². The minimum Gasteiger partial charge on any atom is -0.329 e. The number of nitrogens with two attached hydrogens (primary N) is 1. The monoisotopic (exact) mass is 363 g/mol. The van der Waals surface area contributed by atoms with Crippen LogP contribution in [-0.4, -0.2) is 37.3 Å². The highest BCUT2D eigenvalue weighted by Crippen LogP contribution is 2.25. The van der Waals surface area contributed by atoms with Gasteiger partial charge in [-0.05, 0) is 18.6 Å². The number of pyridine rings is 1. The summed E-state index contributed by atoms with van der Waals surface area (Å²) in [7, 11) is -3.56. The summed E-state index contributed by atoms with van der Waals surface area (Å²) in [5.41, 5.74) is 5.67. The van der Waals surface area contributed by atoms with E-state index in [4.69, 9.17) is 5.73 Å². The maximum Gasteiger partial charge on any atom is 0.243 e. The summed E-state index contributed by atoms with van der Waals surface area (Å²) in [5, 5.41) is 1.54. The topological polar surface area (TPSA) is 76.3 Å². The first-order valence-corrected chi connectivity index (χ1v) is 10.6. The zero-order valence-corrected chi connectivity index (χ0v) is 15.8. The van der Waals surface area contributed by atoms with Crippen molar-refractivity contribution >= 4 is 20.8 Å². The van der Waals surface area contributed by atoms with Gasteiger partial charge in [-0.25, -0.2) is 8.42 Å². The lowest BCUT2D eigenvalue weighted by atomic mass is 10.1. The van der Waals surface area contributed by atoms with E-state index in [1.54, 1.807) is 30.6 Å². The van der Waals surface area contributed by atoms with Crippen LogP contribution >= 0.6 is 0 Å². The van der Waals surface area contributed by atoms with Gasteiger partial charge in [0.25, 0.3) is 0 Å². The first-order valence-electron chi connectivity index (χ1n) is 9.14. The van der Waals surface area contributed by atoms with Crippen molar-refractivity contribution in [2.45, 2.75) is 50.3 Å². The van der Waals surface area contributed by atoms with Gasteiger partial charge in [0.15, 0.2) is 0 Å². The predicted octanol–water partition coefficient (Wildman–Crippen LogP) is 3.54. The molecule has 2 aromatic rings. The first kappa shape index (κ1) is 19.8. The molecule has 0 bridgehead atoms. The van der Waals surface area contributed by atoms with Crippen LogP contribution in [0.5, 0.6) is 0 Å².